The molecule has 1 aliphatic rings. The minimum Gasteiger partial charge on any atom is -0.384 e. The molecule has 38 heavy (non-hydrogen) atoms. The highest BCUT2D eigenvalue weighted by molar-refractivity contribution is 5.94. The molecular formula is C32H31F2N3O. The van der Waals surface area contributed by atoms with E-state index < -0.39 is 11.6 Å². The standard InChI is InChI=1S/C32H31F2N3O/c1-4-5-22-15-30(35)37-19(3)28(22)17-36-32(38)24-9-7-21-11-20-6-8-23(12-25(20)14-26(21)13-24)31-18(2)10-27(33)16-29(31)34/h6-10,12-13,15-16H,4-5,11,14,17H2,1-3H3,(H2,35,37)(H,36,38). The summed E-state index contributed by atoms with van der Waals surface area (Å²) in [7, 11) is 0. The van der Waals surface area contributed by atoms with E-state index >= 15 is 0 Å². The molecule has 1 heterocycles. The van der Waals surface area contributed by atoms with Crippen LogP contribution in [0.2, 0.25) is 0 Å². The molecule has 0 atom stereocenters. The van der Waals surface area contributed by atoms with E-state index in [0.717, 1.165) is 58.8 Å². The van der Waals surface area contributed by atoms with Gasteiger partial charge in [-0.25, -0.2) is 13.8 Å². The van der Waals surface area contributed by atoms with Gasteiger partial charge in [0, 0.05) is 29.4 Å². The second kappa shape index (κ2) is 10.4. The van der Waals surface area contributed by atoms with E-state index in [4.69, 9.17) is 5.73 Å². The Balaban J connectivity index is 1.37. The summed E-state index contributed by atoms with van der Waals surface area (Å²) >= 11 is 0. The van der Waals surface area contributed by atoms with E-state index in [2.05, 4.69) is 17.2 Å². The van der Waals surface area contributed by atoms with Crippen molar-refractivity contribution in [2.24, 2.45) is 0 Å². The van der Waals surface area contributed by atoms with Gasteiger partial charge in [-0.15, -0.1) is 0 Å². The van der Waals surface area contributed by atoms with Crippen LogP contribution < -0.4 is 11.1 Å². The Labute approximate surface area is 221 Å². The molecule has 0 saturated heterocycles. The zero-order valence-electron chi connectivity index (χ0n) is 21.9. The van der Waals surface area contributed by atoms with Gasteiger partial charge in [0.25, 0.3) is 5.91 Å². The van der Waals surface area contributed by atoms with Crippen LogP contribution in [0.1, 0.15) is 68.3 Å². The predicted molar refractivity (Wildman–Crippen MR) is 147 cm³/mol. The van der Waals surface area contributed by atoms with Gasteiger partial charge in [-0.2, -0.15) is 0 Å². The van der Waals surface area contributed by atoms with E-state index in [1.165, 1.54) is 17.2 Å². The SMILES string of the molecule is CCCc1cc(N)nc(C)c1CNC(=O)c1ccc2c(c1)Cc1cc(-c3c(C)cc(F)cc3F)ccc1C2. The maximum atomic E-state index is 14.6. The number of carbonyl (C=O) groups is 1. The van der Waals surface area contributed by atoms with Crippen molar-refractivity contribution in [1.29, 1.82) is 0 Å². The van der Waals surface area contributed by atoms with E-state index in [1.807, 2.05) is 49.4 Å². The molecule has 0 saturated carbocycles. The lowest BCUT2D eigenvalue weighted by molar-refractivity contribution is 0.0950. The average Bonchev–Trinajstić information content (AvgIpc) is 2.86. The van der Waals surface area contributed by atoms with Crippen LogP contribution in [0.5, 0.6) is 0 Å². The molecule has 0 unspecified atom stereocenters. The molecule has 0 bridgehead atoms. The first-order valence-corrected chi connectivity index (χ1v) is 13.0. The number of nitrogen functional groups attached to an aromatic ring is 1. The Morgan fingerprint density at radius 2 is 1.66 bits per heavy atom. The normalized spacial score (nSPS) is 12.1. The number of hydrogen-bond donors (Lipinski definition) is 2. The first-order chi connectivity index (χ1) is 18.2. The molecule has 3 aromatic carbocycles. The highest BCUT2D eigenvalue weighted by Crippen LogP contribution is 2.34. The van der Waals surface area contributed by atoms with E-state index in [-0.39, 0.29) is 5.91 Å². The summed E-state index contributed by atoms with van der Waals surface area (Å²) in [5, 5.41) is 3.06. The van der Waals surface area contributed by atoms with Gasteiger partial charge in [0.15, 0.2) is 0 Å². The van der Waals surface area contributed by atoms with Gasteiger partial charge in [0.05, 0.1) is 0 Å². The zero-order valence-corrected chi connectivity index (χ0v) is 21.9. The van der Waals surface area contributed by atoms with Crippen LogP contribution in [0.4, 0.5) is 14.6 Å². The molecule has 0 aliphatic heterocycles. The third kappa shape index (κ3) is 5.03. The maximum Gasteiger partial charge on any atom is 0.251 e. The molecule has 4 aromatic rings. The number of halogens is 2. The number of rotatable bonds is 6. The van der Waals surface area contributed by atoms with Crippen LogP contribution in [0.15, 0.2) is 54.6 Å². The molecular weight excluding hydrogens is 480 g/mol. The summed E-state index contributed by atoms with van der Waals surface area (Å²) in [4.78, 5) is 17.5. The molecule has 1 aromatic heterocycles. The summed E-state index contributed by atoms with van der Waals surface area (Å²) in [6, 6.07) is 15.9. The Bertz CT molecular complexity index is 1540. The molecule has 3 N–H and O–H groups in total. The fourth-order valence-electron chi connectivity index (χ4n) is 5.50. The van der Waals surface area contributed by atoms with E-state index in [1.54, 1.807) is 6.92 Å². The van der Waals surface area contributed by atoms with Crippen molar-refractivity contribution in [3.63, 3.8) is 0 Å². The maximum absolute atomic E-state index is 14.6. The molecule has 4 nitrogen and oxygen atoms in total. The van der Waals surface area contributed by atoms with Crippen LogP contribution in [0, 0.1) is 25.5 Å². The Kier molecular flexibility index (Phi) is 6.98. The molecule has 5 rings (SSSR count). The van der Waals surface area contributed by atoms with Crippen LogP contribution in [0.25, 0.3) is 11.1 Å². The van der Waals surface area contributed by atoms with Crippen LogP contribution in [-0.4, -0.2) is 10.9 Å². The molecule has 0 radical (unpaired) electrons. The molecule has 1 aliphatic carbocycles. The quantitative estimate of drug-likeness (QED) is 0.270. The number of nitrogens with zero attached hydrogens (tertiary/aromatic N) is 1. The number of pyridine rings is 1. The van der Waals surface area contributed by atoms with Gasteiger partial charge in [-0.1, -0.05) is 37.6 Å². The third-order valence-electron chi connectivity index (χ3n) is 7.37. The van der Waals surface area contributed by atoms with Gasteiger partial charge in [-0.05, 0) is 102 Å². The van der Waals surface area contributed by atoms with Crippen molar-refractivity contribution in [3.05, 3.63) is 116 Å². The summed E-state index contributed by atoms with van der Waals surface area (Å²) in [5.41, 5.74) is 15.7. The van der Waals surface area contributed by atoms with Gasteiger partial charge >= 0.3 is 0 Å². The molecule has 1 amide bonds. The molecule has 194 valence electrons. The van der Waals surface area contributed by atoms with Gasteiger partial charge in [0.2, 0.25) is 0 Å². The number of carbonyl (C=O) groups excluding carboxylic acids is 1. The van der Waals surface area contributed by atoms with E-state index in [9.17, 15) is 13.6 Å². The smallest absolute Gasteiger partial charge is 0.251 e. The van der Waals surface area contributed by atoms with Crippen molar-refractivity contribution in [1.82, 2.24) is 10.3 Å². The predicted octanol–water partition coefficient (Wildman–Crippen LogP) is 6.60. The number of aromatic nitrogens is 1. The first-order valence-electron chi connectivity index (χ1n) is 13.0. The Hall–Kier alpha value is -4.06. The largest absolute Gasteiger partial charge is 0.384 e. The van der Waals surface area contributed by atoms with Crippen LogP contribution in [0.3, 0.4) is 0 Å². The van der Waals surface area contributed by atoms with Crippen LogP contribution >= 0.6 is 0 Å². The summed E-state index contributed by atoms with van der Waals surface area (Å²) in [6.45, 7) is 6.13. The number of amides is 1. The highest BCUT2D eigenvalue weighted by atomic mass is 19.1. The fraction of sp³-hybridized carbons (Fsp3) is 0.250. The fourth-order valence-corrected chi connectivity index (χ4v) is 5.50. The number of aryl methyl sites for hydroxylation is 3. The average molecular weight is 512 g/mol. The summed E-state index contributed by atoms with van der Waals surface area (Å²) in [6.07, 6.45) is 3.24. The van der Waals surface area contributed by atoms with Crippen molar-refractivity contribution in [2.75, 3.05) is 5.73 Å². The molecule has 6 heteroatoms. The minimum absolute atomic E-state index is 0.143. The van der Waals surface area contributed by atoms with E-state index in [0.29, 0.717) is 35.5 Å². The monoisotopic (exact) mass is 511 g/mol. The summed E-state index contributed by atoms with van der Waals surface area (Å²) < 4.78 is 28.2. The second-order valence-electron chi connectivity index (χ2n) is 10.1. The second-order valence-corrected chi connectivity index (χ2v) is 10.1. The topological polar surface area (TPSA) is 68.0 Å². The lowest BCUT2D eigenvalue weighted by Gasteiger charge is -2.22. The minimum atomic E-state index is -0.578. The number of fused-ring (bicyclic) bond motifs is 2. The molecule has 0 spiro atoms. The lowest BCUT2D eigenvalue weighted by Crippen LogP contribution is -2.25. The number of nitrogens with one attached hydrogen (secondary N) is 1. The van der Waals surface area contributed by atoms with Gasteiger partial charge in [-0.3, -0.25) is 4.79 Å². The lowest BCUT2D eigenvalue weighted by atomic mass is 9.83. The van der Waals surface area contributed by atoms with Crippen molar-refractivity contribution >= 4 is 11.7 Å². The number of benzene rings is 3. The van der Waals surface area contributed by atoms with Crippen LogP contribution in [-0.2, 0) is 25.8 Å². The Morgan fingerprint density at radius 1 is 0.947 bits per heavy atom. The van der Waals surface area contributed by atoms with Crippen molar-refractivity contribution in [2.45, 2.75) is 53.0 Å². The van der Waals surface area contributed by atoms with Crippen molar-refractivity contribution < 1.29 is 13.6 Å². The Morgan fingerprint density at radius 3 is 2.39 bits per heavy atom. The first kappa shape index (κ1) is 25.6. The summed E-state index contributed by atoms with van der Waals surface area (Å²) in [5.74, 6) is -0.788. The highest BCUT2D eigenvalue weighted by Gasteiger charge is 2.20. The zero-order chi connectivity index (χ0) is 27.0. The number of nitrogens with two attached hydrogens (primary N) is 1. The van der Waals surface area contributed by atoms with Gasteiger partial charge < -0.3 is 11.1 Å². The third-order valence-corrected chi connectivity index (χ3v) is 7.37. The van der Waals surface area contributed by atoms with Gasteiger partial charge in [0.1, 0.15) is 17.5 Å². The number of hydrogen-bond acceptors (Lipinski definition) is 3. The number of anilines is 1. The molecule has 0 fully saturated rings. The van der Waals surface area contributed by atoms with Crippen molar-refractivity contribution in [3.8, 4) is 11.1 Å².